The van der Waals surface area contributed by atoms with Crippen molar-refractivity contribution < 1.29 is 4.79 Å². The van der Waals surface area contributed by atoms with Gasteiger partial charge in [0.05, 0.1) is 4.88 Å². The molecule has 3 rings (SSSR count). The SMILES string of the molecule is Cn1cc(C(=O)c2cc3sccc3s2)c(=O)n(C)c1=O. The minimum atomic E-state index is -0.560. The molecule has 3 heterocycles. The smallest absolute Gasteiger partial charge is 0.303 e. The summed E-state index contributed by atoms with van der Waals surface area (Å²) in [5.41, 5.74) is -0.989. The van der Waals surface area contributed by atoms with Gasteiger partial charge in [-0.1, -0.05) is 0 Å². The monoisotopic (exact) mass is 306 g/mol. The molecule has 102 valence electrons. The van der Waals surface area contributed by atoms with Gasteiger partial charge in [-0.25, -0.2) is 4.79 Å². The van der Waals surface area contributed by atoms with Crippen LogP contribution >= 0.6 is 22.7 Å². The number of aryl methyl sites for hydroxylation is 1. The first kappa shape index (κ1) is 13.0. The predicted octanol–water partition coefficient (Wildman–Crippen LogP) is 1.59. The molecule has 0 bridgehead atoms. The Kier molecular flexibility index (Phi) is 2.95. The molecule has 0 radical (unpaired) electrons. The van der Waals surface area contributed by atoms with Crippen molar-refractivity contribution in [2.45, 2.75) is 0 Å². The van der Waals surface area contributed by atoms with E-state index in [4.69, 9.17) is 0 Å². The number of rotatable bonds is 2. The molecule has 5 nitrogen and oxygen atoms in total. The molecule has 7 heteroatoms. The Hall–Kier alpha value is -1.99. The summed E-state index contributed by atoms with van der Waals surface area (Å²) in [6.07, 6.45) is 1.31. The molecule has 0 aromatic carbocycles. The maximum absolute atomic E-state index is 12.4. The highest BCUT2D eigenvalue weighted by Crippen LogP contribution is 2.30. The summed E-state index contributed by atoms with van der Waals surface area (Å²) in [4.78, 5) is 36.6. The van der Waals surface area contributed by atoms with Gasteiger partial charge >= 0.3 is 5.69 Å². The molecule has 3 aromatic heterocycles. The Morgan fingerprint density at radius 2 is 1.95 bits per heavy atom. The lowest BCUT2D eigenvalue weighted by Gasteiger charge is -2.04. The van der Waals surface area contributed by atoms with Crippen LogP contribution in [0.2, 0.25) is 0 Å². The minimum absolute atomic E-state index is 0.0171. The molecule has 0 N–H and O–H groups in total. The van der Waals surface area contributed by atoms with E-state index >= 15 is 0 Å². The van der Waals surface area contributed by atoms with E-state index in [1.54, 1.807) is 17.4 Å². The molecule has 0 aliphatic rings. The van der Waals surface area contributed by atoms with Crippen molar-refractivity contribution in [1.82, 2.24) is 9.13 Å². The molecular weight excluding hydrogens is 296 g/mol. The predicted molar refractivity (Wildman–Crippen MR) is 80.1 cm³/mol. The Balaban J connectivity index is 2.18. The quantitative estimate of drug-likeness (QED) is 0.676. The summed E-state index contributed by atoms with van der Waals surface area (Å²) in [5.74, 6) is -0.338. The molecule has 0 saturated heterocycles. The normalized spacial score (nSPS) is 11.1. The molecule has 0 fully saturated rings. The van der Waals surface area contributed by atoms with Gasteiger partial charge < -0.3 is 4.57 Å². The van der Waals surface area contributed by atoms with E-state index in [-0.39, 0.29) is 11.3 Å². The van der Waals surface area contributed by atoms with Gasteiger partial charge in [-0.15, -0.1) is 22.7 Å². The Morgan fingerprint density at radius 3 is 2.65 bits per heavy atom. The van der Waals surface area contributed by atoms with Crippen molar-refractivity contribution in [2.24, 2.45) is 14.1 Å². The molecule has 0 unspecified atom stereocenters. The van der Waals surface area contributed by atoms with Crippen molar-refractivity contribution in [3.8, 4) is 0 Å². The molecule has 3 aromatic rings. The van der Waals surface area contributed by atoms with Crippen LogP contribution in [0.4, 0.5) is 0 Å². The Morgan fingerprint density at radius 1 is 1.20 bits per heavy atom. The summed E-state index contributed by atoms with van der Waals surface area (Å²) in [5, 5.41) is 1.96. The van der Waals surface area contributed by atoms with Crippen LogP contribution in [0.15, 0.2) is 33.3 Å². The first-order chi connectivity index (χ1) is 9.49. The van der Waals surface area contributed by atoms with Gasteiger partial charge in [0, 0.05) is 29.7 Å². The second kappa shape index (κ2) is 4.53. The van der Waals surface area contributed by atoms with Gasteiger partial charge in [-0.05, 0) is 17.5 Å². The zero-order valence-electron chi connectivity index (χ0n) is 10.7. The third-order valence-corrected chi connectivity index (χ3v) is 5.15. The maximum Gasteiger partial charge on any atom is 0.330 e. The maximum atomic E-state index is 12.4. The van der Waals surface area contributed by atoms with Crippen molar-refractivity contribution in [3.63, 3.8) is 0 Å². The number of carbonyl (C=O) groups is 1. The lowest BCUT2D eigenvalue weighted by atomic mass is 10.2. The fourth-order valence-electron chi connectivity index (χ4n) is 1.97. The molecule has 0 aliphatic heterocycles. The molecule has 0 aliphatic carbocycles. The molecule has 0 atom stereocenters. The topological polar surface area (TPSA) is 61.1 Å². The number of hydrogen-bond donors (Lipinski definition) is 0. The lowest BCUT2D eigenvalue weighted by molar-refractivity contribution is 0.103. The van der Waals surface area contributed by atoms with Crippen LogP contribution < -0.4 is 11.2 Å². The van der Waals surface area contributed by atoms with Gasteiger partial charge in [0.2, 0.25) is 5.78 Å². The number of ketones is 1. The second-order valence-electron chi connectivity index (χ2n) is 4.39. The first-order valence-corrected chi connectivity index (χ1v) is 7.47. The first-order valence-electron chi connectivity index (χ1n) is 5.77. The lowest BCUT2D eigenvalue weighted by Crippen LogP contribution is -2.39. The second-order valence-corrected chi connectivity index (χ2v) is 6.42. The minimum Gasteiger partial charge on any atom is -0.303 e. The van der Waals surface area contributed by atoms with E-state index in [1.165, 1.54) is 36.2 Å². The van der Waals surface area contributed by atoms with Crippen molar-refractivity contribution in [1.29, 1.82) is 0 Å². The molecular formula is C13H10N2O3S2. The standard InChI is InChI=1S/C13H10N2O3S2/c1-14-6-7(12(17)15(2)13(14)18)11(16)10-5-9-8(20-10)3-4-19-9/h3-6H,1-2H3. The molecule has 0 amide bonds. The van der Waals surface area contributed by atoms with Gasteiger partial charge in [-0.3, -0.25) is 14.2 Å². The van der Waals surface area contributed by atoms with Crippen molar-refractivity contribution in [3.05, 3.63) is 55.0 Å². The van der Waals surface area contributed by atoms with E-state index in [2.05, 4.69) is 0 Å². The van der Waals surface area contributed by atoms with E-state index in [0.29, 0.717) is 4.88 Å². The summed E-state index contributed by atoms with van der Waals surface area (Å²) < 4.78 is 4.24. The molecule has 0 spiro atoms. The van der Waals surface area contributed by atoms with Crippen molar-refractivity contribution in [2.75, 3.05) is 0 Å². The highest BCUT2D eigenvalue weighted by atomic mass is 32.1. The fraction of sp³-hybridized carbons (Fsp3) is 0.154. The Labute approximate surface area is 121 Å². The number of hydrogen-bond acceptors (Lipinski definition) is 5. The number of thiophene rings is 2. The van der Waals surface area contributed by atoms with Gasteiger partial charge in [-0.2, -0.15) is 0 Å². The van der Waals surface area contributed by atoms with E-state index < -0.39 is 11.2 Å². The average Bonchev–Trinajstić information content (AvgIpc) is 3.00. The largest absolute Gasteiger partial charge is 0.330 e. The zero-order valence-corrected chi connectivity index (χ0v) is 12.4. The third-order valence-electron chi connectivity index (χ3n) is 3.05. The summed E-state index contributed by atoms with van der Waals surface area (Å²) in [6, 6.07) is 3.73. The van der Waals surface area contributed by atoms with Crippen LogP contribution in [-0.4, -0.2) is 14.9 Å². The van der Waals surface area contributed by atoms with E-state index in [1.807, 2.05) is 11.4 Å². The highest BCUT2D eigenvalue weighted by molar-refractivity contribution is 7.28. The molecule has 0 saturated carbocycles. The Bertz CT molecular complexity index is 914. The average molecular weight is 306 g/mol. The highest BCUT2D eigenvalue weighted by Gasteiger charge is 2.19. The van der Waals surface area contributed by atoms with Crippen LogP contribution in [-0.2, 0) is 14.1 Å². The van der Waals surface area contributed by atoms with Crippen LogP contribution in [0.3, 0.4) is 0 Å². The van der Waals surface area contributed by atoms with E-state index in [9.17, 15) is 14.4 Å². The van der Waals surface area contributed by atoms with Crippen molar-refractivity contribution >= 4 is 37.9 Å². The number of fused-ring (bicyclic) bond motifs is 1. The fourth-order valence-corrected chi connectivity index (χ4v) is 4.04. The van der Waals surface area contributed by atoms with Gasteiger partial charge in [0.25, 0.3) is 5.56 Å². The summed E-state index contributed by atoms with van der Waals surface area (Å²) in [6.45, 7) is 0. The number of carbonyl (C=O) groups excluding carboxylic acids is 1. The number of aromatic nitrogens is 2. The number of nitrogens with zero attached hydrogens (tertiary/aromatic N) is 2. The van der Waals surface area contributed by atoms with Crippen LogP contribution in [0.5, 0.6) is 0 Å². The van der Waals surface area contributed by atoms with Gasteiger partial charge in [0.1, 0.15) is 5.56 Å². The van der Waals surface area contributed by atoms with E-state index in [0.717, 1.165) is 14.0 Å². The third kappa shape index (κ3) is 1.86. The van der Waals surface area contributed by atoms with Crippen LogP contribution in [0, 0.1) is 0 Å². The summed E-state index contributed by atoms with van der Waals surface area (Å²) >= 11 is 2.91. The summed E-state index contributed by atoms with van der Waals surface area (Å²) in [7, 11) is 2.89. The zero-order chi connectivity index (χ0) is 14.4. The van der Waals surface area contributed by atoms with Crippen LogP contribution in [0.1, 0.15) is 15.2 Å². The van der Waals surface area contributed by atoms with Crippen LogP contribution in [0.25, 0.3) is 9.40 Å². The van der Waals surface area contributed by atoms with Gasteiger partial charge in [0.15, 0.2) is 0 Å². The molecule has 20 heavy (non-hydrogen) atoms.